The van der Waals surface area contributed by atoms with E-state index in [9.17, 15) is 0 Å². The molecule has 4 fully saturated rings. The Morgan fingerprint density at radius 2 is 1.74 bits per heavy atom. The lowest BCUT2D eigenvalue weighted by atomic mass is 9.43. The lowest BCUT2D eigenvalue weighted by Gasteiger charge is -2.63. The van der Waals surface area contributed by atoms with Crippen molar-refractivity contribution in [3.8, 4) is 0 Å². The van der Waals surface area contributed by atoms with Gasteiger partial charge in [-0.1, -0.05) is 27.2 Å². The molecule has 0 amide bonds. The first kappa shape index (κ1) is 16.4. The van der Waals surface area contributed by atoms with Crippen LogP contribution in [0.15, 0.2) is 0 Å². The summed E-state index contributed by atoms with van der Waals surface area (Å²) in [7, 11) is 0. The maximum absolute atomic E-state index is 6.94. The number of hydrogen-bond acceptors (Lipinski definition) is 2. The first-order valence-electron chi connectivity index (χ1n) is 10.4. The summed E-state index contributed by atoms with van der Waals surface area (Å²) in [5, 5.41) is 0. The van der Waals surface area contributed by atoms with Gasteiger partial charge in [0.05, 0.1) is 0 Å². The molecule has 9 atom stereocenters. The molecule has 0 aromatic rings. The van der Waals surface area contributed by atoms with Gasteiger partial charge in [0.15, 0.2) is 0 Å². The van der Waals surface area contributed by atoms with Crippen LogP contribution in [0.3, 0.4) is 0 Å². The Kier molecular flexibility index (Phi) is 3.89. The van der Waals surface area contributed by atoms with Gasteiger partial charge < -0.3 is 11.5 Å². The fourth-order valence-electron chi connectivity index (χ4n) is 8.33. The molecule has 9 unspecified atom stereocenters. The van der Waals surface area contributed by atoms with E-state index in [0.29, 0.717) is 22.9 Å². The summed E-state index contributed by atoms with van der Waals surface area (Å²) in [6, 6.07) is 0.876. The van der Waals surface area contributed by atoms with Gasteiger partial charge in [-0.3, -0.25) is 0 Å². The van der Waals surface area contributed by atoms with E-state index >= 15 is 0 Å². The molecule has 0 aliphatic heterocycles. The van der Waals surface area contributed by atoms with E-state index in [4.69, 9.17) is 11.5 Å². The monoisotopic (exact) mass is 318 g/mol. The Balaban J connectivity index is 1.66. The molecular formula is C21H38N2. The summed E-state index contributed by atoms with van der Waals surface area (Å²) in [5.74, 6) is 4.38. The maximum atomic E-state index is 6.94. The molecule has 4 aliphatic rings. The SMILES string of the molecule is CCC1CCC2C3CCC4CC(N)CCC4(C)C3C(N)CC12C. The molecule has 132 valence electrons. The van der Waals surface area contributed by atoms with Gasteiger partial charge in [-0.25, -0.2) is 0 Å². The lowest BCUT2D eigenvalue weighted by molar-refractivity contribution is -0.123. The van der Waals surface area contributed by atoms with Crippen molar-refractivity contribution in [2.45, 2.75) is 90.6 Å². The highest BCUT2D eigenvalue weighted by atomic mass is 14.8. The molecule has 4 saturated carbocycles. The highest BCUT2D eigenvalue weighted by molar-refractivity contribution is 5.12. The Labute approximate surface area is 143 Å². The predicted octanol–water partition coefficient (Wildman–Crippen LogP) is 4.32. The van der Waals surface area contributed by atoms with Crippen LogP contribution in [-0.4, -0.2) is 12.1 Å². The Morgan fingerprint density at radius 1 is 0.957 bits per heavy atom. The predicted molar refractivity (Wildman–Crippen MR) is 96.8 cm³/mol. The molecule has 2 heteroatoms. The van der Waals surface area contributed by atoms with Crippen molar-refractivity contribution in [3.63, 3.8) is 0 Å². The highest BCUT2D eigenvalue weighted by Gasteiger charge is 2.61. The van der Waals surface area contributed by atoms with E-state index < -0.39 is 0 Å². The van der Waals surface area contributed by atoms with Gasteiger partial charge in [0.1, 0.15) is 0 Å². The Morgan fingerprint density at radius 3 is 2.48 bits per heavy atom. The molecule has 4 aliphatic carbocycles. The van der Waals surface area contributed by atoms with Crippen molar-refractivity contribution in [1.29, 1.82) is 0 Å². The van der Waals surface area contributed by atoms with E-state index in [1.165, 1.54) is 57.8 Å². The molecular weight excluding hydrogens is 280 g/mol. The first-order chi connectivity index (χ1) is 10.9. The molecule has 4 rings (SSSR count). The zero-order valence-corrected chi connectivity index (χ0v) is 15.6. The number of fused-ring (bicyclic) bond motifs is 5. The van der Waals surface area contributed by atoms with Crippen LogP contribution in [0.1, 0.15) is 78.6 Å². The first-order valence-corrected chi connectivity index (χ1v) is 10.4. The summed E-state index contributed by atoms with van der Waals surface area (Å²) in [6.07, 6.45) is 12.2. The molecule has 0 aromatic heterocycles. The van der Waals surface area contributed by atoms with Crippen molar-refractivity contribution in [2.75, 3.05) is 0 Å². The smallest absolute Gasteiger partial charge is 0.00806 e. The van der Waals surface area contributed by atoms with Crippen molar-refractivity contribution in [1.82, 2.24) is 0 Å². The topological polar surface area (TPSA) is 52.0 Å². The van der Waals surface area contributed by atoms with E-state index in [1.54, 1.807) is 0 Å². The standard InChI is InChI=1S/C21H38N2/c1-4-13-6-8-17-16-7-5-14-11-15(22)9-10-20(14,2)19(16)18(23)12-21(13,17)3/h13-19H,4-12,22-23H2,1-3H3. The second-order valence-electron chi connectivity index (χ2n) is 10.2. The maximum Gasteiger partial charge on any atom is 0.00806 e. The van der Waals surface area contributed by atoms with Gasteiger partial charge in [-0.15, -0.1) is 0 Å². The largest absolute Gasteiger partial charge is 0.328 e. The molecule has 4 N–H and O–H groups in total. The van der Waals surface area contributed by atoms with Crippen molar-refractivity contribution in [3.05, 3.63) is 0 Å². The Hall–Kier alpha value is -0.0800. The average Bonchev–Trinajstić information content (AvgIpc) is 2.83. The second-order valence-corrected chi connectivity index (χ2v) is 10.2. The van der Waals surface area contributed by atoms with Gasteiger partial charge in [0.2, 0.25) is 0 Å². The third-order valence-corrected chi connectivity index (χ3v) is 9.40. The van der Waals surface area contributed by atoms with Crippen LogP contribution in [0.5, 0.6) is 0 Å². The fraction of sp³-hybridized carbons (Fsp3) is 1.00. The van der Waals surface area contributed by atoms with Crippen LogP contribution in [0.4, 0.5) is 0 Å². The molecule has 0 heterocycles. The van der Waals surface area contributed by atoms with E-state index in [0.717, 1.165) is 29.6 Å². The van der Waals surface area contributed by atoms with Crippen molar-refractivity contribution in [2.24, 2.45) is 51.9 Å². The molecule has 0 spiro atoms. The van der Waals surface area contributed by atoms with E-state index in [1.807, 2.05) is 0 Å². The van der Waals surface area contributed by atoms with Crippen LogP contribution in [0, 0.1) is 40.4 Å². The summed E-state index contributed by atoms with van der Waals surface area (Å²) < 4.78 is 0. The second kappa shape index (κ2) is 5.46. The molecule has 2 nitrogen and oxygen atoms in total. The lowest BCUT2D eigenvalue weighted by Crippen LogP contribution is -2.61. The molecule has 0 radical (unpaired) electrons. The minimum atomic E-state index is 0.426. The number of hydrogen-bond donors (Lipinski definition) is 2. The zero-order valence-electron chi connectivity index (χ0n) is 15.6. The third-order valence-electron chi connectivity index (χ3n) is 9.40. The van der Waals surface area contributed by atoms with Crippen LogP contribution < -0.4 is 11.5 Å². The third kappa shape index (κ3) is 2.20. The van der Waals surface area contributed by atoms with Gasteiger partial charge in [0, 0.05) is 12.1 Å². The summed E-state index contributed by atoms with van der Waals surface area (Å²) in [4.78, 5) is 0. The minimum absolute atomic E-state index is 0.426. The number of rotatable bonds is 1. The molecule has 0 bridgehead atoms. The summed E-state index contributed by atoms with van der Waals surface area (Å²) in [5.41, 5.74) is 14.3. The molecule has 0 aromatic carbocycles. The van der Waals surface area contributed by atoms with Gasteiger partial charge in [-0.2, -0.15) is 0 Å². The minimum Gasteiger partial charge on any atom is -0.328 e. The van der Waals surface area contributed by atoms with E-state index in [2.05, 4.69) is 20.8 Å². The van der Waals surface area contributed by atoms with Crippen LogP contribution in [-0.2, 0) is 0 Å². The summed E-state index contributed by atoms with van der Waals surface area (Å²) >= 11 is 0. The normalized spacial score (nSPS) is 59.1. The van der Waals surface area contributed by atoms with Crippen molar-refractivity contribution >= 4 is 0 Å². The van der Waals surface area contributed by atoms with Gasteiger partial charge in [0.25, 0.3) is 0 Å². The van der Waals surface area contributed by atoms with Crippen LogP contribution in [0.2, 0.25) is 0 Å². The quantitative estimate of drug-likeness (QED) is 0.756. The van der Waals surface area contributed by atoms with Gasteiger partial charge >= 0.3 is 0 Å². The van der Waals surface area contributed by atoms with Crippen LogP contribution >= 0.6 is 0 Å². The zero-order chi connectivity index (χ0) is 16.4. The average molecular weight is 319 g/mol. The summed E-state index contributed by atoms with van der Waals surface area (Å²) in [6.45, 7) is 7.59. The molecule has 0 saturated heterocycles. The van der Waals surface area contributed by atoms with Crippen molar-refractivity contribution < 1.29 is 0 Å². The highest BCUT2D eigenvalue weighted by Crippen LogP contribution is 2.67. The molecule has 23 heavy (non-hydrogen) atoms. The Bertz CT molecular complexity index is 463. The van der Waals surface area contributed by atoms with E-state index in [-0.39, 0.29) is 0 Å². The van der Waals surface area contributed by atoms with Gasteiger partial charge in [-0.05, 0) is 91.8 Å². The van der Waals surface area contributed by atoms with Crippen LogP contribution in [0.25, 0.3) is 0 Å². The fourth-order valence-corrected chi connectivity index (χ4v) is 8.33. The number of nitrogens with two attached hydrogens (primary N) is 2.